The van der Waals surface area contributed by atoms with E-state index in [4.69, 9.17) is 5.73 Å². The maximum Gasteiger partial charge on any atom is 0.217 e. The van der Waals surface area contributed by atoms with Crippen molar-refractivity contribution in [2.45, 2.75) is 96.8 Å². The summed E-state index contributed by atoms with van der Waals surface area (Å²) in [5, 5.41) is 2.93. The van der Waals surface area contributed by atoms with Gasteiger partial charge in [0.25, 0.3) is 0 Å². The predicted octanol–water partition coefficient (Wildman–Crippen LogP) is 5.13. The summed E-state index contributed by atoms with van der Waals surface area (Å²) in [6.07, 6.45) is 23.7. The summed E-state index contributed by atoms with van der Waals surface area (Å²) < 4.78 is 0. The molecule has 0 fully saturated rings. The number of hydrogen-bond donors (Lipinski definition) is 2. The fraction of sp³-hybridized carbons (Fsp3) is 0.810. The molecule has 0 aromatic carbocycles. The maximum atomic E-state index is 10.5. The van der Waals surface area contributed by atoms with Crippen LogP contribution in [0.4, 0.5) is 0 Å². The fourth-order valence-corrected chi connectivity index (χ4v) is 2.69. The zero-order valence-corrected chi connectivity index (χ0v) is 16.5. The van der Waals surface area contributed by atoms with Gasteiger partial charge >= 0.3 is 0 Å². The van der Waals surface area contributed by atoms with E-state index in [0.29, 0.717) is 6.42 Å². The smallest absolute Gasteiger partial charge is 0.217 e. The van der Waals surface area contributed by atoms with Gasteiger partial charge in [-0.15, -0.1) is 0 Å². The van der Waals surface area contributed by atoms with E-state index < -0.39 is 0 Å². The highest BCUT2D eigenvalue weighted by molar-refractivity contribution is 5.73. The van der Waals surface area contributed by atoms with Crippen molar-refractivity contribution in [3.8, 4) is 0 Å². The average molecular weight is 352 g/mol. The lowest BCUT2D eigenvalue weighted by Crippen LogP contribution is -2.09. The molecule has 4 heteroatoms. The van der Waals surface area contributed by atoms with Gasteiger partial charge in [-0.25, -0.2) is 0 Å². The van der Waals surface area contributed by atoms with Crippen LogP contribution in [0.3, 0.4) is 0 Å². The molecule has 1 aliphatic rings. The average Bonchev–Trinajstić information content (AvgIpc) is 3.18. The minimum absolute atomic E-state index is 0.164. The molecule has 1 rings (SSSR count). The van der Waals surface area contributed by atoms with Crippen molar-refractivity contribution in [3.05, 3.63) is 12.2 Å². The monoisotopic (exact) mass is 351 g/mol. The number of aliphatic imine (C=N–C) groups is 1. The second kappa shape index (κ2) is 20.7. The summed E-state index contributed by atoms with van der Waals surface area (Å²) in [6, 6.07) is 0. The Kier molecular flexibility index (Phi) is 19.6. The SMILES string of the molecule is C1=NCCN1.CCCCCCCC/C=C\CCCCCCCC(N)=O. The normalized spacial score (nSPS) is 12.8. The van der Waals surface area contributed by atoms with Gasteiger partial charge in [-0.1, -0.05) is 70.4 Å². The van der Waals surface area contributed by atoms with E-state index in [1.165, 1.54) is 70.6 Å². The lowest BCUT2D eigenvalue weighted by Gasteiger charge is -1.99. The summed E-state index contributed by atoms with van der Waals surface area (Å²) in [6.45, 7) is 4.25. The molecular weight excluding hydrogens is 310 g/mol. The lowest BCUT2D eigenvalue weighted by molar-refractivity contribution is -0.118. The van der Waals surface area contributed by atoms with E-state index in [-0.39, 0.29) is 5.91 Å². The van der Waals surface area contributed by atoms with Crippen LogP contribution in [0, 0.1) is 0 Å². The van der Waals surface area contributed by atoms with Gasteiger partial charge in [-0.05, 0) is 32.1 Å². The Morgan fingerprint density at radius 3 is 1.96 bits per heavy atom. The van der Waals surface area contributed by atoms with Crippen LogP contribution in [0.2, 0.25) is 0 Å². The maximum absolute atomic E-state index is 10.5. The quantitative estimate of drug-likeness (QED) is 0.317. The topological polar surface area (TPSA) is 67.5 Å². The van der Waals surface area contributed by atoms with E-state index in [1.54, 1.807) is 6.34 Å². The van der Waals surface area contributed by atoms with Crippen LogP contribution in [0.25, 0.3) is 0 Å². The lowest BCUT2D eigenvalue weighted by atomic mass is 10.1. The molecule has 0 saturated heterocycles. The van der Waals surface area contributed by atoms with Crippen molar-refractivity contribution in [1.82, 2.24) is 5.32 Å². The number of nitrogens with zero attached hydrogens (tertiary/aromatic N) is 1. The third-order valence-electron chi connectivity index (χ3n) is 4.25. The van der Waals surface area contributed by atoms with Crippen LogP contribution in [0.5, 0.6) is 0 Å². The molecule has 0 aromatic heterocycles. The van der Waals surface area contributed by atoms with E-state index >= 15 is 0 Å². The Morgan fingerprint density at radius 2 is 1.52 bits per heavy atom. The second-order valence-corrected chi connectivity index (χ2v) is 6.79. The number of allylic oxidation sites excluding steroid dienone is 2. The molecule has 0 saturated carbocycles. The highest BCUT2D eigenvalue weighted by Gasteiger charge is 1.94. The van der Waals surface area contributed by atoms with Crippen molar-refractivity contribution in [2.75, 3.05) is 13.1 Å². The summed E-state index contributed by atoms with van der Waals surface area (Å²) in [7, 11) is 0. The van der Waals surface area contributed by atoms with Crippen molar-refractivity contribution in [1.29, 1.82) is 0 Å². The van der Waals surface area contributed by atoms with Crippen LogP contribution in [-0.4, -0.2) is 25.3 Å². The van der Waals surface area contributed by atoms with Gasteiger partial charge in [0.1, 0.15) is 0 Å². The summed E-state index contributed by atoms with van der Waals surface area (Å²) in [5.41, 5.74) is 5.10. The number of nitrogens with two attached hydrogens (primary N) is 1. The van der Waals surface area contributed by atoms with Gasteiger partial charge in [-0.3, -0.25) is 9.79 Å². The summed E-state index contributed by atoms with van der Waals surface area (Å²) >= 11 is 0. The first kappa shape index (κ1) is 23.7. The van der Waals surface area contributed by atoms with Crippen LogP contribution in [0.1, 0.15) is 96.8 Å². The predicted molar refractivity (Wildman–Crippen MR) is 110 cm³/mol. The number of nitrogens with one attached hydrogen (secondary N) is 1. The Balaban J connectivity index is 0.000000972. The highest BCUT2D eigenvalue weighted by atomic mass is 16.1. The van der Waals surface area contributed by atoms with E-state index in [9.17, 15) is 4.79 Å². The number of unbranched alkanes of at least 4 members (excludes halogenated alkanes) is 11. The molecule has 1 aliphatic heterocycles. The number of rotatable bonds is 15. The van der Waals surface area contributed by atoms with Crippen LogP contribution in [0.15, 0.2) is 17.1 Å². The van der Waals surface area contributed by atoms with Crippen molar-refractivity contribution in [3.63, 3.8) is 0 Å². The van der Waals surface area contributed by atoms with Gasteiger partial charge in [0.15, 0.2) is 0 Å². The molecule has 0 atom stereocenters. The van der Waals surface area contributed by atoms with Gasteiger partial charge in [0.05, 0.1) is 12.9 Å². The molecular formula is C21H41N3O. The Hall–Kier alpha value is -1.32. The molecule has 3 N–H and O–H groups in total. The Morgan fingerprint density at radius 1 is 0.960 bits per heavy atom. The molecule has 146 valence electrons. The molecule has 0 radical (unpaired) electrons. The number of hydrogen-bond acceptors (Lipinski definition) is 3. The van der Waals surface area contributed by atoms with E-state index in [1.807, 2.05) is 0 Å². The number of carbonyl (C=O) groups is 1. The zero-order valence-electron chi connectivity index (χ0n) is 16.5. The molecule has 0 spiro atoms. The van der Waals surface area contributed by atoms with Crippen molar-refractivity contribution >= 4 is 12.2 Å². The first-order valence-corrected chi connectivity index (χ1v) is 10.4. The minimum atomic E-state index is -0.164. The highest BCUT2D eigenvalue weighted by Crippen LogP contribution is 2.09. The van der Waals surface area contributed by atoms with E-state index in [2.05, 4.69) is 29.4 Å². The largest absolute Gasteiger partial charge is 0.375 e. The standard InChI is InChI=1S/C18H35NO.C3H6N2/c1-2-3-4-5-6-7-8-9-10-11-12-13-14-15-16-17-18(19)20;1-2-5-3-4-1/h9-10H,2-8,11-17H2,1H3,(H2,19,20);3H,1-2H2,(H,4,5)/b10-9-;. The van der Waals surface area contributed by atoms with Gasteiger partial charge < -0.3 is 11.1 Å². The minimum Gasteiger partial charge on any atom is -0.375 e. The van der Waals surface area contributed by atoms with Crippen LogP contribution >= 0.6 is 0 Å². The fourth-order valence-electron chi connectivity index (χ4n) is 2.69. The molecule has 0 bridgehead atoms. The molecule has 25 heavy (non-hydrogen) atoms. The van der Waals surface area contributed by atoms with Crippen molar-refractivity contribution < 1.29 is 4.79 Å². The molecule has 4 nitrogen and oxygen atoms in total. The van der Waals surface area contributed by atoms with Crippen molar-refractivity contribution in [2.24, 2.45) is 10.7 Å². The zero-order chi connectivity index (χ0) is 18.4. The van der Waals surface area contributed by atoms with Gasteiger partial charge in [0, 0.05) is 13.0 Å². The first-order chi connectivity index (χ1) is 12.3. The van der Waals surface area contributed by atoms with Crippen LogP contribution in [-0.2, 0) is 4.79 Å². The summed E-state index contributed by atoms with van der Waals surface area (Å²) in [5.74, 6) is -0.164. The molecule has 1 heterocycles. The van der Waals surface area contributed by atoms with Crippen LogP contribution < -0.4 is 11.1 Å². The number of carbonyl (C=O) groups excluding carboxylic acids is 1. The second-order valence-electron chi connectivity index (χ2n) is 6.79. The van der Waals surface area contributed by atoms with Gasteiger partial charge in [0.2, 0.25) is 5.91 Å². The molecule has 1 amide bonds. The molecule has 0 aromatic rings. The Labute approximate surface area is 155 Å². The number of primary amides is 1. The molecule has 0 aliphatic carbocycles. The summed E-state index contributed by atoms with van der Waals surface area (Å²) in [4.78, 5) is 14.4. The third-order valence-corrected chi connectivity index (χ3v) is 4.25. The van der Waals surface area contributed by atoms with Gasteiger partial charge in [-0.2, -0.15) is 0 Å². The first-order valence-electron chi connectivity index (χ1n) is 10.4. The Bertz CT molecular complexity index is 334. The molecule has 0 unspecified atom stereocenters. The van der Waals surface area contributed by atoms with E-state index in [0.717, 1.165) is 25.9 Å². The third kappa shape index (κ3) is 22.7. The number of amides is 1.